The van der Waals surface area contributed by atoms with E-state index in [2.05, 4.69) is 15.3 Å². The Morgan fingerprint density at radius 2 is 2.08 bits per heavy atom. The van der Waals surface area contributed by atoms with E-state index in [1.165, 1.54) is 0 Å². The number of nitrogens with zero attached hydrogens (tertiary/aromatic N) is 3. The number of hydrogen-bond acceptors (Lipinski definition) is 6. The number of primary amides is 1. The summed E-state index contributed by atoms with van der Waals surface area (Å²) < 4.78 is 3.80. The summed E-state index contributed by atoms with van der Waals surface area (Å²) in [7, 11) is 3.85. The maximum Gasteiger partial charge on any atom is 0.404 e. The van der Waals surface area contributed by atoms with Crippen LogP contribution < -0.4 is 16.0 Å². The van der Waals surface area contributed by atoms with E-state index < -0.39 is 9.89 Å². The Morgan fingerprint density at radius 1 is 1.38 bits per heavy atom. The first-order valence-corrected chi connectivity index (χ1v) is 9.49. The first-order chi connectivity index (χ1) is 12.0. The molecule has 1 aliphatic rings. The van der Waals surface area contributed by atoms with Gasteiger partial charge in [0.05, 0.1) is 0 Å². The molecule has 0 aromatic carbocycles. The monoisotopic (exact) mass is 423 g/mol. The molecule has 3 atom stereocenters. The van der Waals surface area contributed by atoms with E-state index in [0.29, 0.717) is 18.7 Å². The van der Waals surface area contributed by atoms with Gasteiger partial charge in [-0.1, -0.05) is 34.8 Å². The number of hydrogen-bond donors (Lipinski definition) is 2. The third-order valence-corrected chi connectivity index (χ3v) is 4.77. The molecule has 26 heavy (non-hydrogen) atoms. The van der Waals surface area contributed by atoms with Crippen molar-refractivity contribution in [2.24, 2.45) is 11.7 Å². The van der Waals surface area contributed by atoms with Gasteiger partial charge in [-0.15, -0.1) is 0 Å². The molecule has 0 radical (unpaired) electrons. The van der Waals surface area contributed by atoms with Crippen molar-refractivity contribution >= 4 is 52.5 Å². The van der Waals surface area contributed by atoms with Gasteiger partial charge in [0.2, 0.25) is 0 Å². The SMILES string of the molecule is Cc1nc(NC2CC[C@@H](OC(N)=O)[C@@H](CC(Cl)(Cl)Cl)C2)cc(N(C)C)n1. The molecule has 2 rings (SSSR count). The molecule has 0 saturated heterocycles. The first kappa shape index (κ1) is 21.1. The Morgan fingerprint density at radius 3 is 2.65 bits per heavy atom. The van der Waals surface area contributed by atoms with Crippen LogP contribution in [0.4, 0.5) is 16.4 Å². The molecule has 1 heterocycles. The maximum absolute atomic E-state index is 11.2. The molecule has 1 saturated carbocycles. The van der Waals surface area contributed by atoms with Crippen LogP contribution in [0.1, 0.15) is 31.5 Å². The zero-order valence-corrected chi connectivity index (χ0v) is 17.3. The summed E-state index contributed by atoms with van der Waals surface area (Å²) in [5.74, 6) is 2.14. The van der Waals surface area contributed by atoms with Crippen molar-refractivity contribution in [2.45, 2.75) is 48.5 Å². The molecule has 1 unspecified atom stereocenters. The van der Waals surface area contributed by atoms with Gasteiger partial charge in [-0.2, -0.15) is 0 Å². The number of anilines is 2. The number of nitrogens with two attached hydrogens (primary N) is 1. The van der Waals surface area contributed by atoms with Crippen molar-refractivity contribution < 1.29 is 9.53 Å². The maximum atomic E-state index is 11.2. The van der Waals surface area contributed by atoms with Crippen LogP contribution in [0.5, 0.6) is 0 Å². The quantitative estimate of drug-likeness (QED) is 0.701. The smallest absolute Gasteiger partial charge is 0.404 e. The third-order valence-electron chi connectivity index (χ3n) is 4.31. The molecular formula is C16H24Cl3N5O2. The molecular weight excluding hydrogens is 401 g/mol. The highest BCUT2D eigenvalue weighted by molar-refractivity contribution is 6.67. The van der Waals surface area contributed by atoms with Gasteiger partial charge >= 0.3 is 6.09 Å². The largest absolute Gasteiger partial charge is 0.446 e. The van der Waals surface area contributed by atoms with Gasteiger partial charge in [0.15, 0.2) is 3.79 Å². The molecule has 1 fully saturated rings. The summed E-state index contributed by atoms with van der Waals surface area (Å²) in [5, 5.41) is 3.43. The minimum absolute atomic E-state index is 0.113. The highest BCUT2D eigenvalue weighted by Crippen LogP contribution is 2.40. The van der Waals surface area contributed by atoms with Crippen LogP contribution in [0.3, 0.4) is 0 Å². The van der Waals surface area contributed by atoms with Crippen LogP contribution in [0.15, 0.2) is 6.07 Å². The number of ether oxygens (including phenoxy) is 1. The average Bonchev–Trinajstić information content (AvgIpc) is 2.47. The zero-order chi connectivity index (χ0) is 19.5. The Bertz CT molecular complexity index is 639. The van der Waals surface area contributed by atoms with Crippen molar-refractivity contribution in [3.63, 3.8) is 0 Å². The van der Waals surface area contributed by atoms with Crippen LogP contribution in [-0.4, -0.2) is 46.1 Å². The standard InChI is InChI=1S/C16H24Cl3N5O2/c1-9-21-13(7-14(22-9)24(2)3)23-11-4-5-12(26-15(20)25)10(6-11)8-16(17,18)19/h7,10-12H,4-6,8H2,1-3H3,(H2,20,25)(H,21,22,23)/t10-,11?,12-/m1/s1. The number of aromatic nitrogens is 2. The molecule has 1 aromatic heterocycles. The van der Waals surface area contributed by atoms with Gasteiger partial charge in [0.25, 0.3) is 0 Å². The van der Waals surface area contributed by atoms with Crippen molar-refractivity contribution in [3.8, 4) is 0 Å². The summed E-state index contributed by atoms with van der Waals surface area (Å²) >= 11 is 17.9. The van der Waals surface area contributed by atoms with Crippen LogP contribution in [0.2, 0.25) is 0 Å². The Balaban J connectivity index is 2.10. The second-order valence-corrected chi connectivity index (χ2v) is 9.28. The molecule has 7 nitrogen and oxygen atoms in total. The van der Waals surface area contributed by atoms with E-state index in [9.17, 15) is 4.79 Å². The van der Waals surface area contributed by atoms with E-state index >= 15 is 0 Å². The first-order valence-electron chi connectivity index (χ1n) is 8.36. The number of carbonyl (C=O) groups is 1. The zero-order valence-electron chi connectivity index (χ0n) is 15.0. The number of nitrogens with one attached hydrogen (secondary N) is 1. The van der Waals surface area contributed by atoms with Gasteiger partial charge < -0.3 is 20.7 Å². The van der Waals surface area contributed by atoms with E-state index in [1.807, 2.05) is 32.0 Å². The summed E-state index contributed by atoms with van der Waals surface area (Å²) in [6.45, 7) is 1.85. The van der Waals surface area contributed by atoms with E-state index in [4.69, 9.17) is 45.3 Å². The number of halogens is 3. The van der Waals surface area contributed by atoms with E-state index in [-0.39, 0.29) is 24.5 Å². The lowest BCUT2D eigenvalue weighted by molar-refractivity contribution is 0.0371. The topological polar surface area (TPSA) is 93.4 Å². The molecule has 10 heteroatoms. The molecule has 0 spiro atoms. The fraction of sp³-hybridized carbons (Fsp3) is 0.688. The van der Waals surface area contributed by atoms with Gasteiger partial charge in [-0.25, -0.2) is 14.8 Å². The summed E-state index contributed by atoms with van der Waals surface area (Å²) in [6.07, 6.45) is 1.21. The molecule has 146 valence electrons. The number of aryl methyl sites for hydroxylation is 1. The minimum Gasteiger partial charge on any atom is -0.446 e. The second-order valence-electron chi connectivity index (χ2n) is 6.76. The van der Waals surface area contributed by atoms with E-state index in [0.717, 1.165) is 18.1 Å². The number of rotatable bonds is 5. The van der Waals surface area contributed by atoms with Crippen LogP contribution in [0, 0.1) is 12.8 Å². The third kappa shape index (κ3) is 6.52. The lowest BCUT2D eigenvalue weighted by atomic mass is 9.81. The van der Waals surface area contributed by atoms with Crippen molar-refractivity contribution in [1.82, 2.24) is 9.97 Å². The molecule has 0 aliphatic heterocycles. The normalized spacial score (nSPS) is 23.4. The number of alkyl halides is 3. The fourth-order valence-corrected chi connectivity index (χ4v) is 3.84. The van der Waals surface area contributed by atoms with Crippen molar-refractivity contribution in [2.75, 3.05) is 24.3 Å². The van der Waals surface area contributed by atoms with Gasteiger partial charge in [0.1, 0.15) is 23.6 Å². The minimum atomic E-state index is -1.42. The highest BCUT2D eigenvalue weighted by Gasteiger charge is 2.37. The molecule has 1 amide bonds. The van der Waals surface area contributed by atoms with Crippen LogP contribution in [0.25, 0.3) is 0 Å². The highest BCUT2D eigenvalue weighted by atomic mass is 35.6. The average molecular weight is 425 g/mol. The Labute approximate surface area is 168 Å². The van der Waals surface area contributed by atoms with Gasteiger partial charge in [-0.3, -0.25) is 0 Å². The summed E-state index contributed by atoms with van der Waals surface area (Å²) in [4.78, 5) is 21.9. The predicted molar refractivity (Wildman–Crippen MR) is 105 cm³/mol. The summed E-state index contributed by atoms with van der Waals surface area (Å²) in [5.41, 5.74) is 5.17. The lowest BCUT2D eigenvalue weighted by Crippen LogP contribution is -2.40. The fourth-order valence-electron chi connectivity index (χ4n) is 3.25. The van der Waals surface area contributed by atoms with Crippen molar-refractivity contribution in [3.05, 3.63) is 11.9 Å². The van der Waals surface area contributed by atoms with Crippen LogP contribution >= 0.6 is 34.8 Å². The molecule has 3 N–H and O–H groups in total. The summed E-state index contributed by atoms with van der Waals surface area (Å²) in [6, 6.07) is 2.01. The Kier molecular flexibility index (Phi) is 7.05. The van der Waals surface area contributed by atoms with Crippen LogP contribution in [-0.2, 0) is 4.74 Å². The predicted octanol–water partition coefficient (Wildman–Crippen LogP) is 3.66. The second kappa shape index (κ2) is 8.67. The number of amides is 1. The van der Waals surface area contributed by atoms with Gasteiger partial charge in [-0.05, 0) is 26.2 Å². The van der Waals surface area contributed by atoms with E-state index in [1.54, 1.807) is 0 Å². The molecule has 0 bridgehead atoms. The number of carbonyl (C=O) groups excluding carboxylic acids is 1. The lowest BCUT2D eigenvalue weighted by Gasteiger charge is -2.37. The Hall–Kier alpha value is -1.18. The van der Waals surface area contributed by atoms with Crippen molar-refractivity contribution in [1.29, 1.82) is 0 Å². The van der Waals surface area contributed by atoms with Gasteiger partial charge in [0, 0.05) is 38.5 Å². The molecule has 1 aliphatic carbocycles. The molecule has 1 aromatic rings.